The van der Waals surface area contributed by atoms with E-state index in [1.807, 2.05) is 24.3 Å². The summed E-state index contributed by atoms with van der Waals surface area (Å²) in [7, 11) is 0. The number of nitrogens with one attached hydrogen (secondary N) is 1. The Kier molecular flexibility index (Phi) is 6.21. The van der Waals surface area contributed by atoms with Gasteiger partial charge in [-0.1, -0.05) is 15.9 Å². The van der Waals surface area contributed by atoms with E-state index in [1.54, 1.807) is 17.7 Å². The van der Waals surface area contributed by atoms with E-state index in [0.29, 0.717) is 16.8 Å². The smallest absolute Gasteiger partial charge is 0.422 e. The topological polar surface area (TPSA) is 69.0 Å². The molecule has 29 heavy (non-hydrogen) atoms. The van der Waals surface area contributed by atoms with Gasteiger partial charge in [-0.3, -0.25) is 4.79 Å². The van der Waals surface area contributed by atoms with Gasteiger partial charge in [0.1, 0.15) is 0 Å². The Morgan fingerprint density at radius 3 is 2.66 bits per heavy atom. The number of halogens is 4. The number of hydrogen-bond donors (Lipinski definition) is 1. The van der Waals surface area contributed by atoms with Gasteiger partial charge in [0.2, 0.25) is 5.88 Å². The summed E-state index contributed by atoms with van der Waals surface area (Å²) >= 11 is 3.37. The zero-order chi connectivity index (χ0) is 21.0. The lowest BCUT2D eigenvalue weighted by molar-refractivity contribution is -0.154. The Morgan fingerprint density at radius 1 is 1.24 bits per heavy atom. The second-order valence-corrected chi connectivity index (χ2v) is 7.04. The quantitative estimate of drug-likeness (QED) is 0.588. The van der Waals surface area contributed by atoms with E-state index in [-0.39, 0.29) is 18.3 Å². The molecule has 3 rings (SSSR count). The van der Waals surface area contributed by atoms with Crippen molar-refractivity contribution in [1.82, 2.24) is 20.1 Å². The number of benzene rings is 1. The van der Waals surface area contributed by atoms with E-state index < -0.39 is 12.8 Å². The summed E-state index contributed by atoms with van der Waals surface area (Å²) in [5.74, 6) is -0.506. The normalized spacial score (nSPS) is 11.3. The van der Waals surface area contributed by atoms with Crippen molar-refractivity contribution >= 4 is 21.8 Å². The van der Waals surface area contributed by atoms with Gasteiger partial charge >= 0.3 is 6.18 Å². The fourth-order valence-electron chi connectivity index (χ4n) is 2.55. The minimum absolute atomic E-state index is 0.104. The molecule has 0 fully saturated rings. The molecule has 0 aliphatic heterocycles. The van der Waals surface area contributed by atoms with Crippen LogP contribution in [0.2, 0.25) is 0 Å². The van der Waals surface area contributed by atoms with Crippen LogP contribution in [0.3, 0.4) is 0 Å². The van der Waals surface area contributed by atoms with Crippen LogP contribution in [0.15, 0.2) is 53.3 Å². The van der Waals surface area contributed by atoms with Crippen molar-refractivity contribution in [2.45, 2.75) is 19.6 Å². The average Bonchev–Trinajstić information content (AvgIpc) is 3.06. The number of aromatic nitrogens is 3. The van der Waals surface area contributed by atoms with Crippen molar-refractivity contribution in [3.05, 3.63) is 70.1 Å². The molecule has 0 saturated heterocycles. The van der Waals surface area contributed by atoms with Crippen molar-refractivity contribution in [2.75, 3.05) is 6.61 Å². The standard InChI is InChI=1S/C19H16BrF3N4O2/c1-12-16(10-26-27(12)15-4-2-14(20)3-5-15)18(28)25-9-13-6-7-24-17(8-13)29-11-19(21,22)23/h2-8,10H,9,11H2,1H3,(H,25,28). The molecule has 0 saturated carbocycles. The number of hydrogen-bond acceptors (Lipinski definition) is 4. The number of amides is 1. The first kappa shape index (κ1) is 20.8. The van der Waals surface area contributed by atoms with Crippen LogP contribution < -0.4 is 10.1 Å². The van der Waals surface area contributed by atoms with Crippen molar-refractivity contribution in [1.29, 1.82) is 0 Å². The number of rotatable bonds is 6. The number of nitrogens with zero attached hydrogens (tertiary/aromatic N) is 3. The van der Waals surface area contributed by atoms with Crippen molar-refractivity contribution in [3.63, 3.8) is 0 Å². The average molecular weight is 469 g/mol. The molecule has 2 aromatic heterocycles. The summed E-state index contributed by atoms with van der Waals surface area (Å²) in [6.07, 6.45) is -1.65. The fraction of sp³-hybridized carbons (Fsp3) is 0.211. The molecule has 6 nitrogen and oxygen atoms in total. The lowest BCUT2D eigenvalue weighted by Gasteiger charge is -2.10. The first-order valence-electron chi connectivity index (χ1n) is 8.46. The highest BCUT2D eigenvalue weighted by Crippen LogP contribution is 2.19. The molecular formula is C19H16BrF3N4O2. The molecule has 0 radical (unpaired) electrons. The Labute approximate surface area is 172 Å². The van der Waals surface area contributed by atoms with Gasteiger partial charge in [-0.15, -0.1) is 0 Å². The lowest BCUT2D eigenvalue weighted by Crippen LogP contribution is -2.23. The fourth-order valence-corrected chi connectivity index (χ4v) is 2.81. The van der Waals surface area contributed by atoms with E-state index >= 15 is 0 Å². The van der Waals surface area contributed by atoms with Crippen molar-refractivity contribution < 1.29 is 22.7 Å². The molecule has 10 heteroatoms. The highest BCUT2D eigenvalue weighted by atomic mass is 79.9. The molecule has 1 amide bonds. The predicted molar refractivity (Wildman–Crippen MR) is 103 cm³/mol. The molecule has 152 valence electrons. The van der Waals surface area contributed by atoms with Crippen LogP contribution in [-0.2, 0) is 6.54 Å². The van der Waals surface area contributed by atoms with Crippen LogP contribution in [0.1, 0.15) is 21.6 Å². The second-order valence-electron chi connectivity index (χ2n) is 6.12. The molecule has 0 unspecified atom stereocenters. The third-order valence-corrected chi connectivity index (χ3v) is 4.49. The van der Waals surface area contributed by atoms with Crippen LogP contribution >= 0.6 is 15.9 Å². The molecule has 3 aromatic rings. The van der Waals surface area contributed by atoms with Crippen LogP contribution in [-0.4, -0.2) is 33.5 Å². The molecule has 2 heterocycles. The van der Waals surface area contributed by atoms with E-state index in [0.717, 1.165) is 10.2 Å². The van der Waals surface area contributed by atoms with E-state index in [2.05, 4.69) is 36.1 Å². The Hall–Kier alpha value is -2.88. The Balaban J connectivity index is 1.65. The molecule has 0 aliphatic carbocycles. The van der Waals surface area contributed by atoms with Gasteiger partial charge in [0.15, 0.2) is 6.61 Å². The summed E-state index contributed by atoms with van der Waals surface area (Å²) in [6.45, 7) is 0.455. The molecular weight excluding hydrogens is 453 g/mol. The summed E-state index contributed by atoms with van der Waals surface area (Å²) in [6, 6.07) is 10.4. The highest BCUT2D eigenvalue weighted by Gasteiger charge is 2.28. The summed E-state index contributed by atoms with van der Waals surface area (Å²) in [5, 5.41) is 6.98. The van der Waals surface area contributed by atoms with E-state index in [9.17, 15) is 18.0 Å². The molecule has 1 aromatic carbocycles. The number of carbonyl (C=O) groups is 1. The molecule has 0 aliphatic rings. The van der Waals surface area contributed by atoms with E-state index in [4.69, 9.17) is 0 Å². The van der Waals surface area contributed by atoms with Gasteiger partial charge in [-0.25, -0.2) is 9.67 Å². The first-order valence-corrected chi connectivity index (χ1v) is 9.25. The largest absolute Gasteiger partial charge is 0.468 e. The van der Waals surface area contributed by atoms with Crippen molar-refractivity contribution in [3.8, 4) is 11.6 Å². The number of ether oxygens (including phenoxy) is 1. The van der Waals surface area contributed by atoms with E-state index in [1.165, 1.54) is 18.5 Å². The van der Waals surface area contributed by atoms with Crippen LogP contribution in [0, 0.1) is 6.92 Å². The van der Waals surface area contributed by atoms with Gasteiger partial charge in [0.05, 0.1) is 23.1 Å². The monoisotopic (exact) mass is 468 g/mol. The third kappa shape index (κ3) is 5.57. The minimum Gasteiger partial charge on any atom is -0.468 e. The second kappa shape index (κ2) is 8.64. The highest BCUT2D eigenvalue weighted by molar-refractivity contribution is 9.10. The molecule has 0 spiro atoms. The number of carbonyl (C=O) groups excluding carboxylic acids is 1. The van der Waals surface area contributed by atoms with Gasteiger partial charge < -0.3 is 10.1 Å². The molecule has 1 N–H and O–H groups in total. The van der Waals surface area contributed by atoms with Gasteiger partial charge in [0, 0.05) is 23.3 Å². The summed E-state index contributed by atoms with van der Waals surface area (Å²) in [4.78, 5) is 16.2. The maximum absolute atomic E-state index is 12.5. The maximum Gasteiger partial charge on any atom is 0.422 e. The maximum atomic E-state index is 12.5. The van der Waals surface area contributed by atoms with Crippen LogP contribution in [0.5, 0.6) is 5.88 Å². The van der Waals surface area contributed by atoms with Gasteiger partial charge in [-0.2, -0.15) is 18.3 Å². The lowest BCUT2D eigenvalue weighted by atomic mass is 10.2. The zero-order valence-electron chi connectivity index (χ0n) is 15.2. The molecule has 0 bridgehead atoms. The summed E-state index contributed by atoms with van der Waals surface area (Å²) < 4.78 is 43.9. The molecule has 0 atom stereocenters. The predicted octanol–water partition coefficient (Wildman–Crippen LogP) is 4.21. The number of alkyl halides is 3. The number of pyridine rings is 1. The minimum atomic E-state index is -4.45. The summed E-state index contributed by atoms with van der Waals surface area (Å²) in [5.41, 5.74) is 2.43. The van der Waals surface area contributed by atoms with Crippen molar-refractivity contribution in [2.24, 2.45) is 0 Å². The van der Waals surface area contributed by atoms with Gasteiger partial charge in [0.25, 0.3) is 5.91 Å². The van der Waals surface area contributed by atoms with Crippen LogP contribution in [0.25, 0.3) is 5.69 Å². The van der Waals surface area contributed by atoms with Gasteiger partial charge in [-0.05, 0) is 42.8 Å². The first-order chi connectivity index (χ1) is 13.7. The zero-order valence-corrected chi connectivity index (χ0v) is 16.8. The Morgan fingerprint density at radius 2 is 1.97 bits per heavy atom. The Bertz CT molecular complexity index is 1000. The SMILES string of the molecule is Cc1c(C(=O)NCc2ccnc(OCC(F)(F)F)c2)cnn1-c1ccc(Br)cc1. The van der Waals surface area contributed by atoms with Crippen LogP contribution in [0.4, 0.5) is 13.2 Å². The third-order valence-electron chi connectivity index (χ3n) is 3.96.